The van der Waals surface area contributed by atoms with Crippen LogP contribution in [0.3, 0.4) is 0 Å². The van der Waals surface area contributed by atoms with Crippen molar-refractivity contribution in [2.24, 2.45) is 0 Å². The first kappa shape index (κ1) is 16.7. The Morgan fingerprint density at radius 3 is 2.77 bits per heavy atom. The van der Waals surface area contributed by atoms with Gasteiger partial charge in [0.1, 0.15) is 11.3 Å². The summed E-state index contributed by atoms with van der Waals surface area (Å²) in [6, 6.07) is 11.2. The monoisotopic (exact) mass is 354 g/mol. The molecule has 1 spiro atoms. The van der Waals surface area contributed by atoms with Crippen molar-refractivity contribution in [1.29, 1.82) is 0 Å². The van der Waals surface area contributed by atoms with Crippen LogP contribution in [0.25, 0.3) is 0 Å². The lowest BCUT2D eigenvalue weighted by Crippen LogP contribution is -2.61. The Morgan fingerprint density at radius 2 is 2.00 bits per heavy atom. The molecule has 26 heavy (non-hydrogen) atoms. The van der Waals surface area contributed by atoms with E-state index in [1.807, 2.05) is 24.3 Å². The van der Waals surface area contributed by atoms with Gasteiger partial charge in [0.2, 0.25) is 0 Å². The highest BCUT2D eigenvalue weighted by molar-refractivity contribution is 6.07. The first-order valence-electron chi connectivity index (χ1n) is 8.84. The fraction of sp³-hybridized carbons (Fsp3) is 0.368. The molecule has 4 rings (SSSR count). The van der Waals surface area contributed by atoms with Crippen molar-refractivity contribution >= 4 is 23.2 Å². The highest BCUT2D eigenvalue weighted by Crippen LogP contribution is 2.39. The van der Waals surface area contributed by atoms with E-state index >= 15 is 0 Å². The van der Waals surface area contributed by atoms with Gasteiger partial charge in [-0.15, -0.1) is 0 Å². The molecule has 2 aliphatic rings. The Labute approximate surface area is 151 Å². The summed E-state index contributed by atoms with van der Waals surface area (Å²) in [7, 11) is 1.56. The summed E-state index contributed by atoms with van der Waals surface area (Å²) < 4.78 is 5.64. The summed E-state index contributed by atoms with van der Waals surface area (Å²) >= 11 is 0. The summed E-state index contributed by atoms with van der Waals surface area (Å²) in [5.74, 6) is 0.599. The van der Waals surface area contributed by atoms with E-state index in [1.165, 1.54) is 0 Å². The van der Waals surface area contributed by atoms with Crippen LogP contribution < -0.4 is 20.9 Å². The predicted octanol–water partition coefficient (Wildman–Crippen LogP) is 1.72. The van der Waals surface area contributed by atoms with Crippen molar-refractivity contribution < 1.29 is 14.0 Å². The molecule has 1 fully saturated rings. The van der Waals surface area contributed by atoms with Gasteiger partial charge in [0, 0.05) is 7.05 Å². The van der Waals surface area contributed by atoms with Crippen LogP contribution in [-0.2, 0) is 11.3 Å². The number of nitrogens with zero attached hydrogens (tertiary/aromatic N) is 1. The molecule has 7 nitrogen and oxygen atoms in total. The van der Waals surface area contributed by atoms with E-state index in [0.717, 1.165) is 37.3 Å². The zero-order valence-electron chi connectivity index (χ0n) is 14.7. The summed E-state index contributed by atoms with van der Waals surface area (Å²) in [5, 5.41) is 9.34. The van der Waals surface area contributed by atoms with E-state index in [4.69, 9.17) is 4.42 Å². The third-order valence-corrected chi connectivity index (χ3v) is 5.11. The van der Waals surface area contributed by atoms with Crippen molar-refractivity contribution in [2.75, 3.05) is 30.4 Å². The number of amides is 2. The number of piperidine rings is 1. The summed E-state index contributed by atoms with van der Waals surface area (Å²) in [6.07, 6.45) is 1.47. The molecule has 7 heteroatoms. The van der Waals surface area contributed by atoms with Gasteiger partial charge in [-0.05, 0) is 50.2 Å². The van der Waals surface area contributed by atoms with Gasteiger partial charge in [0.15, 0.2) is 5.76 Å². The maximum Gasteiger partial charge on any atom is 0.286 e. The first-order valence-corrected chi connectivity index (χ1v) is 8.84. The molecule has 1 saturated heterocycles. The Bertz CT molecular complexity index is 839. The van der Waals surface area contributed by atoms with Gasteiger partial charge in [-0.3, -0.25) is 9.59 Å². The maximum absolute atomic E-state index is 13.4. The Balaban J connectivity index is 1.68. The molecule has 0 atom stereocenters. The molecular formula is C19H22N4O3. The molecule has 2 amide bonds. The first-order chi connectivity index (χ1) is 12.6. The van der Waals surface area contributed by atoms with Crippen LogP contribution in [0.2, 0.25) is 0 Å². The van der Waals surface area contributed by atoms with E-state index < -0.39 is 5.54 Å². The minimum atomic E-state index is -0.587. The van der Waals surface area contributed by atoms with E-state index in [2.05, 4.69) is 16.0 Å². The van der Waals surface area contributed by atoms with Crippen LogP contribution in [0.1, 0.15) is 29.2 Å². The number of carbonyl (C=O) groups is 2. The molecule has 0 saturated carbocycles. The number of para-hydroxylation sites is 2. The fourth-order valence-corrected chi connectivity index (χ4v) is 3.71. The third kappa shape index (κ3) is 2.74. The van der Waals surface area contributed by atoms with E-state index in [9.17, 15) is 9.59 Å². The van der Waals surface area contributed by atoms with Crippen LogP contribution in [-0.4, -0.2) is 37.5 Å². The standard InChI is InChI=1S/C19H22N4O3/c1-20-17(24)16-7-6-13(26-16)12-23-15-5-3-2-4-14(15)22-19(18(23)25)8-10-21-11-9-19/h2-7,21-22H,8-12H2,1H3,(H,20,24). The molecule has 0 unspecified atom stereocenters. The van der Waals surface area contributed by atoms with Gasteiger partial charge in [0.05, 0.1) is 17.9 Å². The van der Waals surface area contributed by atoms with Gasteiger partial charge in [0.25, 0.3) is 11.8 Å². The normalized spacial score (nSPS) is 18.3. The summed E-state index contributed by atoms with van der Waals surface area (Å²) in [6.45, 7) is 1.90. The molecule has 3 heterocycles. The van der Waals surface area contributed by atoms with Crippen LogP contribution in [0.15, 0.2) is 40.8 Å². The number of hydrogen-bond donors (Lipinski definition) is 3. The quantitative estimate of drug-likeness (QED) is 0.781. The average Bonchev–Trinajstić information content (AvgIpc) is 3.14. The molecular weight excluding hydrogens is 332 g/mol. The van der Waals surface area contributed by atoms with Gasteiger partial charge in [-0.1, -0.05) is 12.1 Å². The molecule has 2 aromatic rings. The Kier molecular flexibility index (Phi) is 4.16. The third-order valence-electron chi connectivity index (χ3n) is 5.11. The molecule has 1 aromatic heterocycles. The average molecular weight is 354 g/mol. The predicted molar refractivity (Wildman–Crippen MR) is 98.2 cm³/mol. The zero-order valence-corrected chi connectivity index (χ0v) is 14.7. The lowest BCUT2D eigenvalue weighted by atomic mass is 9.84. The van der Waals surface area contributed by atoms with E-state index in [-0.39, 0.29) is 17.6 Å². The largest absolute Gasteiger partial charge is 0.454 e. The number of nitrogens with one attached hydrogen (secondary N) is 3. The second-order valence-electron chi connectivity index (χ2n) is 6.71. The zero-order chi connectivity index (χ0) is 18.1. The molecule has 1 aromatic carbocycles. The number of carbonyl (C=O) groups excluding carboxylic acids is 2. The second-order valence-corrected chi connectivity index (χ2v) is 6.71. The van der Waals surface area contributed by atoms with Crippen molar-refractivity contribution in [3.05, 3.63) is 47.9 Å². The number of hydrogen-bond acceptors (Lipinski definition) is 5. The maximum atomic E-state index is 13.4. The molecule has 2 aliphatic heterocycles. The Hall–Kier alpha value is -2.80. The number of rotatable bonds is 3. The molecule has 0 radical (unpaired) electrons. The van der Waals surface area contributed by atoms with E-state index in [1.54, 1.807) is 24.1 Å². The summed E-state index contributed by atoms with van der Waals surface area (Å²) in [4.78, 5) is 26.9. The minimum absolute atomic E-state index is 0.0515. The molecule has 0 aliphatic carbocycles. The number of fused-ring (bicyclic) bond motifs is 1. The fourth-order valence-electron chi connectivity index (χ4n) is 3.71. The van der Waals surface area contributed by atoms with Gasteiger partial charge >= 0.3 is 0 Å². The number of furan rings is 1. The molecule has 136 valence electrons. The van der Waals surface area contributed by atoms with Crippen LogP contribution in [0.4, 0.5) is 11.4 Å². The highest BCUT2D eigenvalue weighted by Gasteiger charge is 2.46. The highest BCUT2D eigenvalue weighted by atomic mass is 16.4. The number of benzene rings is 1. The SMILES string of the molecule is CNC(=O)c1ccc(CN2C(=O)C3(CCNCC3)Nc3ccccc32)o1. The van der Waals surface area contributed by atoms with Crippen molar-refractivity contribution in [3.8, 4) is 0 Å². The molecule has 0 bridgehead atoms. The van der Waals surface area contributed by atoms with Crippen LogP contribution in [0.5, 0.6) is 0 Å². The second kappa shape index (κ2) is 6.49. The summed E-state index contributed by atoms with van der Waals surface area (Å²) in [5.41, 5.74) is 1.20. The van der Waals surface area contributed by atoms with Gasteiger partial charge in [-0.2, -0.15) is 0 Å². The van der Waals surface area contributed by atoms with Crippen molar-refractivity contribution in [2.45, 2.75) is 24.9 Å². The number of anilines is 2. The minimum Gasteiger partial charge on any atom is -0.454 e. The lowest BCUT2D eigenvalue weighted by Gasteiger charge is -2.45. The van der Waals surface area contributed by atoms with Gasteiger partial charge < -0.3 is 25.3 Å². The van der Waals surface area contributed by atoms with Crippen LogP contribution in [0, 0.1) is 0 Å². The van der Waals surface area contributed by atoms with E-state index in [0.29, 0.717) is 12.3 Å². The smallest absolute Gasteiger partial charge is 0.286 e. The van der Waals surface area contributed by atoms with Crippen LogP contribution >= 0.6 is 0 Å². The lowest BCUT2D eigenvalue weighted by molar-refractivity contribution is -0.124. The topological polar surface area (TPSA) is 86.6 Å². The Morgan fingerprint density at radius 1 is 1.23 bits per heavy atom. The van der Waals surface area contributed by atoms with Crippen molar-refractivity contribution in [3.63, 3.8) is 0 Å². The van der Waals surface area contributed by atoms with Crippen molar-refractivity contribution in [1.82, 2.24) is 10.6 Å². The molecule has 3 N–H and O–H groups in total. The van der Waals surface area contributed by atoms with Gasteiger partial charge in [-0.25, -0.2) is 0 Å².